The van der Waals surface area contributed by atoms with Gasteiger partial charge in [0.05, 0.1) is 18.5 Å². The molecule has 0 aliphatic heterocycles. The SMILES string of the molecule is CCOC(=O)c1c(OC(F)(F)F)cnc(CN)c1F. The molecule has 9 heteroatoms. The molecule has 1 heterocycles. The quantitative estimate of drug-likeness (QED) is 0.672. The lowest BCUT2D eigenvalue weighted by molar-refractivity contribution is -0.274. The van der Waals surface area contributed by atoms with Gasteiger partial charge in [-0.15, -0.1) is 13.2 Å². The number of hydrogen-bond donors (Lipinski definition) is 1. The van der Waals surface area contributed by atoms with Gasteiger partial charge < -0.3 is 15.2 Å². The van der Waals surface area contributed by atoms with Crippen molar-refractivity contribution in [3.05, 3.63) is 23.3 Å². The van der Waals surface area contributed by atoms with E-state index in [1.807, 2.05) is 0 Å². The van der Waals surface area contributed by atoms with Crippen LogP contribution in [0.4, 0.5) is 17.6 Å². The van der Waals surface area contributed by atoms with Crippen molar-refractivity contribution in [3.63, 3.8) is 0 Å². The Kier molecular flexibility index (Phi) is 4.65. The molecule has 0 fully saturated rings. The van der Waals surface area contributed by atoms with Gasteiger partial charge in [-0.05, 0) is 6.92 Å². The number of aromatic nitrogens is 1. The fourth-order valence-corrected chi connectivity index (χ4v) is 1.25. The molecular formula is C10H10F4N2O3. The molecule has 2 N–H and O–H groups in total. The Morgan fingerprint density at radius 3 is 2.58 bits per heavy atom. The summed E-state index contributed by atoms with van der Waals surface area (Å²) in [5.41, 5.74) is 3.81. The zero-order valence-electron chi connectivity index (χ0n) is 9.75. The number of halogens is 4. The number of hydrogen-bond acceptors (Lipinski definition) is 5. The van der Waals surface area contributed by atoms with Gasteiger partial charge in [0.15, 0.2) is 11.6 Å². The molecule has 0 aliphatic carbocycles. The third-order valence-electron chi connectivity index (χ3n) is 1.96. The lowest BCUT2D eigenvalue weighted by Gasteiger charge is -2.14. The Labute approximate surface area is 105 Å². The molecule has 0 radical (unpaired) electrons. The Balaban J connectivity index is 3.30. The van der Waals surface area contributed by atoms with Crippen LogP contribution in [-0.4, -0.2) is 23.9 Å². The molecule has 0 aliphatic rings. The highest BCUT2D eigenvalue weighted by atomic mass is 19.4. The summed E-state index contributed by atoms with van der Waals surface area (Å²) in [7, 11) is 0. The summed E-state index contributed by atoms with van der Waals surface area (Å²) in [6.45, 7) is 0.902. The molecular weight excluding hydrogens is 272 g/mol. The maximum atomic E-state index is 13.8. The number of carbonyl (C=O) groups excluding carboxylic acids is 1. The van der Waals surface area contributed by atoms with E-state index in [2.05, 4.69) is 14.5 Å². The second-order valence-electron chi connectivity index (χ2n) is 3.23. The Bertz CT molecular complexity index is 477. The van der Waals surface area contributed by atoms with Crippen molar-refractivity contribution in [2.75, 3.05) is 6.61 Å². The van der Waals surface area contributed by atoms with E-state index in [1.165, 1.54) is 6.92 Å². The molecule has 0 saturated heterocycles. The molecule has 0 amide bonds. The summed E-state index contributed by atoms with van der Waals surface area (Å²) >= 11 is 0. The molecule has 0 bridgehead atoms. The van der Waals surface area contributed by atoms with Crippen LogP contribution in [0.3, 0.4) is 0 Å². The van der Waals surface area contributed by atoms with E-state index >= 15 is 0 Å². The highest BCUT2D eigenvalue weighted by molar-refractivity contribution is 5.92. The average Bonchev–Trinajstić information content (AvgIpc) is 2.27. The summed E-state index contributed by atoms with van der Waals surface area (Å²) in [6, 6.07) is 0. The smallest absolute Gasteiger partial charge is 0.462 e. The summed E-state index contributed by atoms with van der Waals surface area (Å²) in [4.78, 5) is 14.8. The number of nitrogens with two attached hydrogens (primary N) is 1. The van der Waals surface area contributed by atoms with Crippen molar-refractivity contribution in [2.45, 2.75) is 19.8 Å². The Morgan fingerprint density at radius 1 is 1.47 bits per heavy atom. The van der Waals surface area contributed by atoms with Crippen molar-refractivity contribution < 1.29 is 31.8 Å². The van der Waals surface area contributed by atoms with Crippen molar-refractivity contribution in [3.8, 4) is 5.75 Å². The maximum Gasteiger partial charge on any atom is 0.573 e. The van der Waals surface area contributed by atoms with E-state index in [-0.39, 0.29) is 18.8 Å². The lowest BCUT2D eigenvalue weighted by atomic mass is 10.2. The van der Waals surface area contributed by atoms with E-state index in [9.17, 15) is 22.4 Å². The first kappa shape index (κ1) is 15.2. The molecule has 0 spiro atoms. The number of alkyl halides is 3. The van der Waals surface area contributed by atoms with Crippen LogP contribution in [-0.2, 0) is 11.3 Å². The molecule has 1 aromatic rings. The molecule has 1 rings (SSSR count). The largest absolute Gasteiger partial charge is 0.573 e. The fourth-order valence-electron chi connectivity index (χ4n) is 1.25. The fraction of sp³-hybridized carbons (Fsp3) is 0.400. The van der Waals surface area contributed by atoms with Crippen LogP contribution in [0.2, 0.25) is 0 Å². The Hall–Kier alpha value is -1.90. The minimum absolute atomic E-state index is 0.135. The number of esters is 1. The van der Waals surface area contributed by atoms with Crippen LogP contribution in [0.15, 0.2) is 6.20 Å². The van der Waals surface area contributed by atoms with Crippen LogP contribution in [0.5, 0.6) is 5.75 Å². The van der Waals surface area contributed by atoms with Gasteiger partial charge in [0, 0.05) is 6.54 Å². The van der Waals surface area contributed by atoms with E-state index in [1.54, 1.807) is 0 Å². The summed E-state index contributed by atoms with van der Waals surface area (Å²) < 4.78 is 58.2. The van der Waals surface area contributed by atoms with Crippen LogP contribution < -0.4 is 10.5 Å². The number of ether oxygens (including phenoxy) is 2. The van der Waals surface area contributed by atoms with Gasteiger partial charge in [0.25, 0.3) is 0 Å². The van der Waals surface area contributed by atoms with Crippen LogP contribution in [0.1, 0.15) is 23.0 Å². The van der Waals surface area contributed by atoms with Crippen LogP contribution in [0, 0.1) is 5.82 Å². The number of pyridine rings is 1. The monoisotopic (exact) mass is 282 g/mol. The predicted molar refractivity (Wildman–Crippen MR) is 54.7 cm³/mol. The predicted octanol–water partition coefficient (Wildman–Crippen LogP) is 1.75. The highest BCUT2D eigenvalue weighted by Gasteiger charge is 2.35. The minimum atomic E-state index is -5.08. The molecule has 0 unspecified atom stereocenters. The third kappa shape index (κ3) is 3.78. The topological polar surface area (TPSA) is 74.4 Å². The van der Waals surface area contributed by atoms with Crippen LogP contribution >= 0.6 is 0 Å². The molecule has 5 nitrogen and oxygen atoms in total. The van der Waals surface area contributed by atoms with Crippen molar-refractivity contribution in [2.24, 2.45) is 5.73 Å². The summed E-state index contributed by atoms with van der Waals surface area (Å²) in [5.74, 6) is -3.64. The van der Waals surface area contributed by atoms with Gasteiger partial charge >= 0.3 is 12.3 Å². The van der Waals surface area contributed by atoms with Gasteiger partial charge in [-0.2, -0.15) is 0 Å². The number of rotatable bonds is 4. The van der Waals surface area contributed by atoms with Crippen molar-refractivity contribution >= 4 is 5.97 Å². The second kappa shape index (κ2) is 5.83. The molecule has 0 aromatic carbocycles. The van der Waals surface area contributed by atoms with E-state index < -0.39 is 29.5 Å². The third-order valence-corrected chi connectivity index (χ3v) is 1.96. The van der Waals surface area contributed by atoms with E-state index in [4.69, 9.17) is 5.73 Å². The zero-order chi connectivity index (χ0) is 14.6. The minimum Gasteiger partial charge on any atom is -0.462 e. The first-order valence-corrected chi connectivity index (χ1v) is 5.10. The lowest BCUT2D eigenvalue weighted by Crippen LogP contribution is -2.21. The molecule has 0 atom stereocenters. The van der Waals surface area contributed by atoms with Gasteiger partial charge in [0.2, 0.25) is 0 Å². The number of carbonyl (C=O) groups is 1. The van der Waals surface area contributed by atoms with Crippen LogP contribution in [0.25, 0.3) is 0 Å². The standard InChI is InChI=1S/C10H10F4N2O3/c1-2-18-9(17)7-6(19-10(12,13)14)4-16-5(3-15)8(7)11/h4H,2-3,15H2,1H3. The second-order valence-corrected chi connectivity index (χ2v) is 3.23. The van der Waals surface area contributed by atoms with E-state index in [0.29, 0.717) is 6.20 Å². The molecule has 0 saturated carbocycles. The summed E-state index contributed by atoms with van der Waals surface area (Å²) in [6.07, 6.45) is -4.51. The van der Waals surface area contributed by atoms with Gasteiger partial charge in [0.1, 0.15) is 5.56 Å². The van der Waals surface area contributed by atoms with Gasteiger partial charge in [-0.25, -0.2) is 9.18 Å². The Morgan fingerprint density at radius 2 is 2.11 bits per heavy atom. The van der Waals surface area contributed by atoms with Crippen molar-refractivity contribution in [1.82, 2.24) is 4.98 Å². The molecule has 1 aromatic heterocycles. The zero-order valence-corrected chi connectivity index (χ0v) is 9.75. The molecule has 19 heavy (non-hydrogen) atoms. The number of nitrogens with zero attached hydrogens (tertiary/aromatic N) is 1. The average molecular weight is 282 g/mol. The van der Waals surface area contributed by atoms with E-state index in [0.717, 1.165) is 0 Å². The summed E-state index contributed by atoms with van der Waals surface area (Å²) in [5, 5.41) is 0. The first-order valence-electron chi connectivity index (χ1n) is 5.10. The normalized spacial score (nSPS) is 11.3. The van der Waals surface area contributed by atoms with Crippen molar-refractivity contribution in [1.29, 1.82) is 0 Å². The van der Waals surface area contributed by atoms with Gasteiger partial charge in [-0.3, -0.25) is 4.98 Å². The molecule has 106 valence electrons. The first-order chi connectivity index (χ1) is 8.80. The highest BCUT2D eigenvalue weighted by Crippen LogP contribution is 2.29. The maximum absolute atomic E-state index is 13.8. The van der Waals surface area contributed by atoms with Gasteiger partial charge in [-0.1, -0.05) is 0 Å².